The van der Waals surface area contributed by atoms with E-state index < -0.39 is 0 Å². The van der Waals surface area contributed by atoms with Crippen molar-refractivity contribution in [2.75, 3.05) is 33.3 Å². The SMILES string of the molecule is CN=C(NCCN1C(=O)c2ccccc2C1=O)NCC1(C)CCCO1. The first-order chi connectivity index (χ1) is 12.0. The van der Waals surface area contributed by atoms with Crippen LogP contribution >= 0.6 is 0 Å². The number of carbonyl (C=O) groups is 2. The zero-order valence-corrected chi connectivity index (χ0v) is 14.7. The summed E-state index contributed by atoms with van der Waals surface area (Å²) in [7, 11) is 1.69. The lowest BCUT2D eigenvalue weighted by Crippen LogP contribution is -2.47. The molecule has 7 heteroatoms. The van der Waals surface area contributed by atoms with E-state index in [1.807, 2.05) is 0 Å². The number of ether oxygens (including phenoxy) is 1. The highest BCUT2D eigenvalue weighted by molar-refractivity contribution is 6.21. The van der Waals surface area contributed by atoms with E-state index >= 15 is 0 Å². The number of hydrogen-bond acceptors (Lipinski definition) is 4. The minimum atomic E-state index is -0.239. The molecule has 134 valence electrons. The first-order valence-electron chi connectivity index (χ1n) is 8.58. The third-order valence-corrected chi connectivity index (χ3v) is 4.66. The highest BCUT2D eigenvalue weighted by Gasteiger charge is 2.34. The molecule has 1 atom stereocenters. The van der Waals surface area contributed by atoms with E-state index in [4.69, 9.17) is 4.74 Å². The number of carbonyl (C=O) groups excluding carboxylic acids is 2. The second kappa shape index (κ2) is 7.23. The molecular formula is C18H24N4O3. The molecule has 3 rings (SSSR count). The summed E-state index contributed by atoms with van der Waals surface area (Å²) in [4.78, 5) is 30.1. The Morgan fingerprint density at radius 1 is 1.24 bits per heavy atom. The van der Waals surface area contributed by atoms with Crippen molar-refractivity contribution in [2.24, 2.45) is 4.99 Å². The minimum Gasteiger partial charge on any atom is -0.373 e. The number of benzene rings is 1. The molecule has 2 aliphatic heterocycles. The summed E-state index contributed by atoms with van der Waals surface area (Å²) in [6.07, 6.45) is 2.09. The molecule has 2 N–H and O–H groups in total. The highest BCUT2D eigenvalue weighted by atomic mass is 16.5. The largest absolute Gasteiger partial charge is 0.373 e. The van der Waals surface area contributed by atoms with Gasteiger partial charge in [0.15, 0.2) is 5.96 Å². The van der Waals surface area contributed by atoms with Crippen molar-refractivity contribution in [1.29, 1.82) is 0 Å². The molecule has 0 saturated carbocycles. The number of rotatable bonds is 5. The molecular weight excluding hydrogens is 320 g/mol. The lowest BCUT2D eigenvalue weighted by Gasteiger charge is -2.25. The van der Waals surface area contributed by atoms with Crippen molar-refractivity contribution in [3.8, 4) is 0 Å². The minimum absolute atomic E-state index is 0.167. The molecule has 0 spiro atoms. The Morgan fingerprint density at radius 2 is 1.92 bits per heavy atom. The van der Waals surface area contributed by atoms with Gasteiger partial charge in [0.25, 0.3) is 11.8 Å². The molecule has 0 aromatic heterocycles. The maximum atomic E-state index is 12.3. The number of guanidine groups is 1. The third-order valence-electron chi connectivity index (χ3n) is 4.66. The number of hydrogen-bond donors (Lipinski definition) is 2. The number of fused-ring (bicyclic) bond motifs is 1. The third kappa shape index (κ3) is 3.66. The van der Waals surface area contributed by atoms with Gasteiger partial charge in [0.1, 0.15) is 0 Å². The second-order valence-corrected chi connectivity index (χ2v) is 6.56. The van der Waals surface area contributed by atoms with Gasteiger partial charge in [-0.2, -0.15) is 0 Å². The van der Waals surface area contributed by atoms with E-state index in [1.165, 1.54) is 4.90 Å². The first kappa shape index (κ1) is 17.4. The van der Waals surface area contributed by atoms with Gasteiger partial charge in [-0.1, -0.05) is 12.1 Å². The maximum Gasteiger partial charge on any atom is 0.261 e. The number of imide groups is 1. The summed E-state index contributed by atoms with van der Waals surface area (Å²) in [6.45, 7) is 4.27. The Labute approximate surface area is 147 Å². The van der Waals surface area contributed by atoms with Crippen LogP contribution in [-0.4, -0.2) is 61.6 Å². The number of amides is 2. The fourth-order valence-corrected chi connectivity index (χ4v) is 3.20. The summed E-state index contributed by atoms with van der Waals surface area (Å²) < 4.78 is 5.74. The summed E-state index contributed by atoms with van der Waals surface area (Å²) in [5, 5.41) is 6.38. The predicted molar refractivity (Wildman–Crippen MR) is 94.8 cm³/mol. The van der Waals surface area contributed by atoms with Gasteiger partial charge in [-0.25, -0.2) is 0 Å². The highest BCUT2D eigenvalue weighted by Crippen LogP contribution is 2.24. The average molecular weight is 344 g/mol. The summed E-state index contributed by atoms with van der Waals surface area (Å²) in [6, 6.07) is 6.91. The lowest BCUT2D eigenvalue weighted by atomic mass is 10.0. The van der Waals surface area contributed by atoms with Gasteiger partial charge >= 0.3 is 0 Å². The van der Waals surface area contributed by atoms with Gasteiger partial charge in [0, 0.05) is 33.3 Å². The molecule has 0 bridgehead atoms. The number of nitrogens with zero attached hydrogens (tertiary/aromatic N) is 2. The fourth-order valence-electron chi connectivity index (χ4n) is 3.20. The van der Waals surface area contributed by atoms with E-state index in [0.29, 0.717) is 36.7 Å². The Hall–Kier alpha value is -2.41. The van der Waals surface area contributed by atoms with Crippen molar-refractivity contribution in [2.45, 2.75) is 25.4 Å². The zero-order valence-electron chi connectivity index (χ0n) is 14.7. The van der Waals surface area contributed by atoms with Crippen LogP contribution in [0.1, 0.15) is 40.5 Å². The summed E-state index contributed by atoms with van der Waals surface area (Å²) in [5.41, 5.74) is 0.780. The standard InChI is InChI=1S/C18H24N4O3/c1-18(8-5-11-25-18)12-21-17(19-2)20-9-10-22-15(23)13-6-3-4-7-14(13)16(22)24/h3-4,6-7H,5,8-12H2,1-2H3,(H2,19,20,21). The van der Waals surface area contributed by atoms with Crippen molar-refractivity contribution in [3.63, 3.8) is 0 Å². The fraction of sp³-hybridized carbons (Fsp3) is 0.500. The normalized spacial score (nSPS) is 23.1. The van der Waals surface area contributed by atoms with Crippen LogP contribution in [0.5, 0.6) is 0 Å². The topological polar surface area (TPSA) is 83.0 Å². The second-order valence-electron chi connectivity index (χ2n) is 6.56. The van der Waals surface area contributed by atoms with Crippen molar-refractivity contribution in [1.82, 2.24) is 15.5 Å². The quantitative estimate of drug-likeness (QED) is 0.473. The van der Waals surface area contributed by atoms with Gasteiger partial charge in [-0.3, -0.25) is 19.5 Å². The van der Waals surface area contributed by atoms with Crippen LogP contribution in [0.4, 0.5) is 0 Å². The van der Waals surface area contributed by atoms with Crippen LogP contribution in [0, 0.1) is 0 Å². The molecule has 0 aliphatic carbocycles. The van der Waals surface area contributed by atoms with E-state index in [0.717, 1.165) is 19.4 Å². The van der Waals surface area contributed by atoms with E-state index in [9.17, 15) is 9.59 Å². The molecule has 1 aromatic carbocycles. The number of aliphatic imine (C=N–C) groups is 1. The molecule has 1 unspecified atom stereocenters. The van der Waals surface area contributed by atoms with Crippen LogP contribution < -0.4 is 10.6 Å². The molecule has 1 saturated heterocycles. The van der Waals surface area contributed by atoms with E-state index in [-0.39, 0.29) is 17.4 Å². The molecule has 2 aliphatic rings. The monoisotopic (exact) mass is 344 g/mol. The lowest BCUT2D eigenvalue weighted by molar-refractivity contribution is 0.0243. The van der Waals surface area contributed by atoms with Crippen LogP contribution in [0.2, 0.25) is 0 Å². The average Bonchev–Trinajstić information content (AvgIpc) is 3.16. The van der Waals surface area contributed by atoms with E-state index in [2.05, 4.69) is 22.5 Å². The van der Waals surface area contributed by atoms with Crippen LogP contribution in [0.15, 0.2) is 29.3 Å². The van der Waals surface area contributed by atoms with Crippen LogP contribution in [0.25, 0.3) is 0 Å². The van der Waals surface area contributed by atoms with Gasteiger partial charge in [-0.15, -0.1) is 0 Å². The molecule has 2 amide bonds. The smallest absolute Gasteiger partial charge is 0.261 e. The molecule has 0 radical (unpaired) electrons. The Kier molecular flexibility index (Phi) is 5.03. The summed E-state index contributed by atoms with van der Waals surface area (Å²) >= 11 is 0. The van der Waals surface area contributed by atoms with Gasteiger partial charge in [-0.05, 0) is 31.9 Å². The molecule has 2 heterocycles. The van der Waals surface area contributed by atoms with Gasteiger partial charge in [0.2, 0.25) is 0 Å². The van der Waals surface area contributed by atoms with Crippen molar-refractivity contribution in [3.05, 3.63) is 35.4 Å². The van der Waals surface area contributed by atoms with E-state index in [1.54, 1.807) is 31.3 Å². The molecule has 7 nitrogen and oxygen atoms in total. The molecule has 25 heavy (non-hydrogen) atoms. The zero-order chi connectivity index (χ0) is 17.9. The maximum absolute atomic E-state index is 12.3. The van der Waals surface area contributed by atoms with Crippen molar-refractivity contribution < 1.29 is 14.3 Å². The summed E-state index contributed by atoms with van der Waals surface area (Å²) in [5.74, 6) is 0.155. The predicted octanol–water partition coefficient (Wildman–Crippen LogP) is 1.02. The molecule has 1 fully saturated rings. The van der Waals surface area contributed by atoms with Crippen LogP contribution in [-0.2, 0) is 4.74 Å². The van der Waals surface area contributed by atoms with Crippen molar-refractivity contribution >= 4 is 17.8 Å². The molecule has 1 aromatic rings. The number of nitrogens with one attached hydrogen (secondary N) is 2. The van der Waals surface area contributed by atoms with Gasteiger partial charge < -0.3 is 15.4 Å². The Bertz CT molecular complexity index is 660. The first-order valence-corrected chi connectivity index (χ1v) is 8.58. The van der Waals surface area contributed by atoms with Crippen LogP contribution in [0.3, 0.4) is 0 Å². The Balaban J connectivity index is 1.49. The van der Waals surface area contributed by atoms with Gasteiger partial charge in [0.05, 0.1) is 16.7 Å². The Morgan fingerprint density at radius 3 is 2.48 bits per heavy atom.